The molecule has 1 heterocycles. The third-order valence-electron chi connectivity index (χ3n) is 4.42. The van der Waals surface area contributed by atoms with Gasteiger partial charge in [-0.2, -0.15) is 0 Å². The van der Waals surface area contributed by atoms with Crippen molar-refractivity contribution >= 4 is 26.5 Å². The summed E-state index contributed by atoms with van der Waals surface area (Å²) in [6.07, 6.45) is 0.825. The van der Waals surface area contributed by atoms with Crippen molar-refractivity contribution in [3.05, 3.63) is 71.8 Å². The number of benzene rings is 3. The molecule has 4 nitrogen and oxygen atoms in total. The summed E-state index contributed by atoms with van der Waals surface area (Å²) >= 11 is 0. The minimum Gasteiger partial charge on any atom is -0.312 e. The van der Waals surface area contributed by atoms with Crippen LogP contribution in [0.1, 0.15) is 11.1 Å². The maximum Gasteiger partial charge on any atom is 0.261 e. The van der Waals surface area contributed by atoms with Gasteiger partial charge < -0.3 is 5.32 Å². The van der Waals surface area contributed by atoms with Crippen LogP contribution in [0.25, 0.3) is 10.8 Å². The number of sulfonamides is 1. The van der Waals surface area contributed by atoms with E-state index in [1.165, 1.54) is 0 Å². The van der Waals surface area contributed by atoms with E-state index in [4.69, 9.17) is 0 Å². The molecule has 0 spiro atoms. The van der Waals surface area contributed by atoms with Crippen molar-refractivity contribution < 1.29 is 8.42 Å². The molecule has 0 fully saturated rings. The molecule has 5 heteroatoms. The van der Waals surface area contributed by atoms with E-state index in [0.717, 1.165) is 41.4 Å². The summed E-state index contributed by atoms with van der Waals surface area (Å²) in [5, 5.41) is 5.25. The first kappa shape index (κ1) is 15.2. The second kappa shape index (κ2) is 5.92. The van der Waals surface area contributed by atoms with E-state index < -0.39 is 10.0 Å². The first-order valence-electron chi connectivity index (χ1n) is 7.97. The van der Waals surface area contributed by atoms with E-state index in [0.29, 0.717) is 5.69 Å². The molecule has 0 saturated carbocycles. The fourth-order valence-electron chi connectivity index (χ4n) is 3.17. The van der Waals surface area contributed by atoms with Crippen molar-refractivity contribution in [1.29, 1.82) is 0 Å². The van der Waals surface area contributed by atoms with Crippen LogP contribution in [0.15, 0.2) is 65.6 Å². The normalized spacial score (nSPS) is 14.3. The summed E-state index contributed by atoms with van der Waals surface area (Å²) in [6.45, 7) is 1.64. The number of fused-ring (bicyclic) bond motifs is 2. The molecule has 3 aromatic carbocycles. The van der Waals surface area contributed by atoms with Gasteiger partial charge in [0.15, 0.2) is 0 Å². The van der Waals surface area contributed by atoms with E-state index in [-0.39, 0.29) is 4.90 Å². The fraction of sp³-hybridized carbons (Fsp3) is 0.158. The highest BCUT2D eigenvalue weighted by molar-refractivity contribution is 7.92. The molecule has 0 aliphatic carbocycles. The van der Waals surface area contributed by atoms with Gasteiger partial charge in [0.1, 0.15) is 0 Å². The van der Waals surface area contributed by atoms with Gasteiger partial charge in [-0.3, -0.25) is 4.72 Å². The van der Waals surface area contributed by atoms with Crippen molar-refractivity contribution in [2.75, 3.05) is 11.3 Å². The molecule has 0 radical (unpaired) electrons. The lowest BCUT2D eigenvalue weighted by Gasteiger charge is -2.21. The van der Waals surface area contributed by atoms with Crippen LogP contribution < -0.4 is 10.0 Å². The van der Waals surface area contributed by atoms with Gasteiger partial charge in [-0.25, -0.2) is 8.42 Å². The van der Waals surface area contributed by atoms with Crippen LogP contribution in [-0.4, -0.2) is 15.0 Å². The lowest BCUT2D eigenvalue weighted by molar-refractivity contribution is 0.601. The Morgan fingerprint density at radius 2 is 1.75 bits per heavy atom. The van der Waals surface area contributed by atoms with E-state index in [2.05, 4.69) is 10.0 Å². The molecular formula is C19H18N2O2S. The van der Waals surface area contributed by atoms with Crippen molar-refractivity contribution in [3.8, 4) is 0 Å². The average molecular weight is 338 g/mol. The van der Waals surface area contributed by atoms with Crippen molar-refractivity contribution in [3.63, 3.8) is 0 Å². The maximum atomic E-state index is 12.8. The molecule has 24 heavy (non-hydrogen) atoms. The van der Waals surface area contributed by atoms with Crippen LogP contribution in [0.3, 0.4) is 0 Å². The highest BCUT2D eigenvalue weighted by Crippen LogP contribution is 2.26. The zero-order valence-electron chi connectivity index (χ0n) is 13.1. The number of nitrogens with one attached hydrogen (secondary N) is 2. The standard InChI is InChI=1S/C19H18N2O2S/c22-24(23,17-9-8-14-4-1-2-5-15(14)12-17)21-19-7-3-6-16-13-20-11-10-18(16)19/h1-9,12,20-21H,10-11,13H2. The maximum absolute atomic E-state index is 12.8. The number of hydrogen-bond donors (Lipinski definition) is 2. The van der Waals surface area contributed by atoms with Crippen LogP contribution in [0.5, 0.6) is 0 Å². The van der Waals surface area contributed by atoms with Gasteiger partial charge in [0.25, 0.3) is 10.0 Å². The van der Waals surface area contributed by atoms with E-state index in [1.54, 1.807) is 12.1 Å². The largest absolute Gasteiger partial charge is 0.312 e. The van der Waals surface area contributed by atoms with Crippen LogP contribution in [0, 0.1) is 0 Å². The van der Waals surface area contributed by atoms with Gasteiger partial charge in [0.2, 0.25) is 0 Å². The highest BCUT2D eigenvalue weighted by Gasteiger charge is 2.19. The zero-order valence-corrected chi connectivity index (χ0v) is 13.9. The van der Waals surface area contributed by atoms with Crippen molar-refractivity contribution in [2.45, 2.75) is 17.9 Å². The SMILES string of the molecule is O=S(=O)(Nc1cccc2c1CCNC2)c1ccc2ccccc2c1. The lowest BCUT2D eigenvalue weighted by Crippen LogP contribution is -2.25. The quantitative estimate of drug-likeness (QED) is 0.770. The first-order valence-corrected chi connectivity index (χ1v) is 9.45. The molecule has 122 valence electrons. The third-order valence-corrected chi connectivity index (χ3v) is 5.78. The Bertz CT molecular complexity index is 1010. The Hall–Kier alpha value is -2.37. The molecular weight excluding hydrogens is 320 g/mol. The number of rotatable bonds is 3. The Labute approximate surface area is 141 Å². The van der Waals surface area contributed by atoms with Gasteiger partial charge in [-0.15, -0.1) is 0 Å². The van der Waals surface area contributed by atoms with Crippen LogP contribution in [-0.2, 0) is 23.0 Å². The summed E-state index contributed by atoms with van der Waals surface area (Å²) in [7, 11) is -3.61. The minimum absolute atomic E-state index is 0.285. The molecule has 0 aromatic heterocycles. The predicted octanol–water partition coefficient (Wildman–Crippen LogP) is 3.29. The van der Waals surface area contributed by atoms with E-state index in [9.17, 15) is 8.42 Å². The number of anilines is 1. The van der Waals surface area contributed by atoms with Gasteiger partial charge in [-0.1, -0.05) is 42.5 Å². The van der Waals surface area contributed by atoms with Crippen molar-refractivity contribution in [1.82, 2.24) is 5.32 Å². The number of hydrogen-bond acceptors (Lipinski definition) is 3. The van der Waals surface area contributed by atoms with Gasteiger partial charge in [0, 0.05) is 6.54 Å². The summed E-state index contributed by atoms with van der Waals surface area (Å²) in [4.78, 5) is 0.285. The Kier molecular flexibility index (Phi) is 3.75. The fourth-order valence-corrected chi connectivity index (χ4v) is 4.29. The monoisotopic (exact) mass is 338 g/mol. The molecule has 0 bridgehead atoms. The minimum atomic E-state index is -3.61. The van der Waals surface area contributed by atoms with Gasteiger partial charge >= 0.3 is 0 Å². The second-order valence-electron chi connectivity index (χ2n) is 5.98. The Morgan fingerprint density at radius 3 is 2.62 bits per heavy atom. The summed E-state index contributed by atoms with van der Waals surface area (Å²) in [5.74, 6) is 0. The zero-order chi connectivity index (χ0) is 16.6. The van der Waals surface area contributed by atoms with Crippen LogP contribution >= 0.6 is 0 Å². The highest BCUT2D eigenvalue weighted by atomic mass is 32.2. The second-order valence-corrected chi connectivity index (χ2v) is 7.67. The summed E-state index contributed by atoms with van der Waals surface area (Å²) < 4.78 is 28.4. The summed E-state index contributed by atoms with van der Waals surface area (Å²) in [6, 6.07) is 18.7. The average Bonchev–Trinajstić information content (AvgIpc) is 2.61. The topological polar surface area (TPSA) is 58.2 Å². The van der Waals surface area contributed by atoms with Crippen molar-refractivity contribution in [2.24, 2.45) is 0 Å². The molecule has 0 atom stereocenters. The molecule has 4 rings (SSSR count). The lowest BCUT2D eigenvalue weighted by atomic mass is 9.99. The molecule has 0 amide bonds. The Morgan fingerprint density at radius 1 is 0.917 bits per heavy atom. The molecule has 1 aliphatic heterocycles. The molecule has 0 saturated heterocycles. The molecule has 2 N–H and O–H groups in total. The first-order chi connectivity index (χ1) is 11.6. The van der Waals surface area contributed by atoms with Gasteiger partial charge in [-0.05, 0) is 53.1 Å². The van der Waals surface area contributed by atoms with Crippen LogP contribution in [0.2, 0.25) is 0 Å². The Balaban J connectivity index is 1.72. The van der Waals surface area contributed by atoms with E-state index in [1.807, 2.05) is 48.5 Å². The molecule has 0 unspecified atom stereocenters. The summed E-state index contributed by atoms with van der Waals surface area (Å²) in [5.41, 5.74) is 2.92. The van der Waals surface area contributed by atoms with Crippen LogP contribution in [0.4, 0.5) is 5.69 Å². The van der Waals surface area contributed by atoms with E-state index >= 15 is 0 Å². The molecule has 1 aliphatic rings. The molecule has 3 aromatic rings. The smallest absolute Gasteiger partial charge is 0.261 e. The predicted molar refractivity (Wildman–Crippen MR) is 96.6 cm³/mol. The third kappa shape index (κ3) is 2.77. The van der Waals surface area contributed by atoms with Gasteiger partial charge in [0.05, 0.1) is 10.6 Å².